The number of aliphatic hydroxyl groups excluding tert-OH is 1. The van der Waals surface area contributed by atoms with Gasteiger partial charge >= 0.3 is 6.18 Å². The van der Waals surface area contributed by atoms with Crippen LogP contribution in [0.4, 0.5) is 13.2 Å². The first-order chi connectivity index (χ1) is 9.45. The van der Waals surface area contributed by atoms with Crippen LogP contribution in [0, 0.1) is 0 Å². The number of alkyl halides is 3. The number of hydrogen-bond donors (Lipinski definition) is 2. The number of nitrogens with zero attached hydrogens (tertiary/aromatic N) is 2. The second kappa shape index (κ2) is 7.48. The largest absolute Gasteiger partial charge is 0.468 e. The lowest BCUT2D eigenvalue weighted by atomic mass is 10.3. The van der Waals surface area contributed by atoms with Gasteiger partial charge in [0.2, 0.25) is 0 Å². The molecule has 2 N–H and O–H groups in total. The number of aliphatic hydroxyl groups is 1. The van der Waals surface area contributed by atoms with Crippen LogP contribution in [0.5, 0.6) is 0 Å². The lowest BCUT2D eigenvalue weighted by Crippen LogP contribution is -2.30. The van der Waals surface area contributed by atoms with Crippen molar-refractivity contribution in [2.75, 3.05) is 6.54 Å². The van der Waals surface area contributed by atoms with Gasteiger partial charge in [0.1, 0.15) is 5.76 Å². The third kappa shape index (κ3) is 5.41. The summed E-state index contributed by atoms with van der Waals surface area (Å²) >= 11 is 0. The second-order valence-electron chi connectivity index (χ2n) is 4.28. The highest BCUT2D eigenvalue weighted by molar-refractivity contribution is 5.85. The van der Waals surface area contributed by atoms with E-state index in [0.29, 0.717) is 6.54 Å². The summed E-state index contributed by atoms with van der Waals surface area (Å²) in [5, 5.41) is 16.0. The highest BCUT2D eigenvalue weighted by atomic mass is 35.5. The monoisotopic (exact) mass is 325 g/mol. The van der Waals surface area contributed by atoms with Crippen LogP contribution in [0.1, 0.15) is 11.5 Å². The van der Waals surface area contributed by atoms with Crippen molar-refractivity contribution in [1.82, 2.24) is 15.1 Å². The molecule has 0 amide bonds. The molecule has 0 spiro atoms. The Morgan fingerprint density at radius 2 is 2.14 bits per heavy atom. The van der Waals surface area contributed by atoms with Gasteiger partial charge in [-0.15, -0.1) is 12.4 Å². The zero-order valence-electron chi connectivity index (χ0n) is 10.9. The molecule has 9 heteroatoms. The van der Waals surface area contributed by atoms with Gasteiger partial charge < -0.3 is 14.8 Å². The van der Waals surface area contributed by atoms with Gasteiger partial charge in [0, 0.05) is 12.7 Å². The Morgan fingerprint density at radius 3 is 2.71 bits per heavy atom. The quantitative estimate of drug-likeness (QED) is 0.853. The molecule has 0 radical (unpaired) electrons. The number of aromatic nitrogens is 2. The summed E-state index contributed by atoms with van der Waals surface area (Å²) in [5.41, 5.74) is -0.965. The molecule has 2 aromatic rings. The van der Waals surface area contributed by atoms with Crippen molar-refractivity contribution < 1.29 is 22.7 Å². The molecule has 2 aromatic heterocycles. The minimum atomic E-state index is -4.46. The van der Waals surface area contributed by atoms with Gasteiger partial charge in [0.15, 0.2) is 5.69 Å². The molecule has 2 rings (SSSR count). The van der Waals surface area contributed by atoms with Crippen LogP contribution in [-0.4, -0.2) is 27.5 Å². The molecular formula is C12H15ClF3N3O2. The highest BCUT2D eigenvalue weighted by Gasteiger charge is 2.33. The summed E-state index contributed by atoms with van der Waals surface area (Å²) in [7, 11) is 0. The molecule has 5 nitrogen and oxygen atoms in total. The molecule has 2 heterocycles. The number of hydrogen-bond acceptors (Lipinski definition) is 4. The third-order valence-corrected chi connectivity index (χ3v) is 2.59. The molecule has 21 heavy (non-hydrogen) atoms. The zero-order valence-corrected chi connectivity index (χ0v) is 11.7. The van der Waals surface area contributed by atoms with Gasteiger partial charge in [-0.3, -0.25) is 4.68 Å². The van der Waals surface area contributed by atoms with Crippen molar-refractivity contribution in [1.29, 1.82) is 0 Å². The maximum atomic E-state index is 12.3. The maximum absolute atomic E-state index is 12.3. The van der Waals surface area contributed by atoms with E-state index in [1.165, 1.54) is 12.5 Å². The predicted molar refractivity (Wildman–Crippen MR) is 70.9 cm³/mol. The minimum absolute atomic E-state index is 0. The van der Waals surface area contributed by atoms with Crippen molar-refractivity contribution in [2.45, 2.75) is 25.4 Å². The molecule has 118 valence electrons. The van der Waals surface area contributed by atoms with E-state index in [-0.39, 0.29) is 25.5 Å². The zero-order chi connectivity index (χ0) is 14.6. The fourth-order valence-corrected chi connectivity index (χ4v) is 1.67. The van der Waals surface area contributed by atoms with E-state index in [1.807, 2.05) is 0 Å². The van der Waals surface area contributed by atoms with Crippen molar-refractivity contribution in [3.8, 4) is 0 Å². The summed E-state index contributed by atoms with van der Waals surface area (Å²) in [5.74, 6) is 0.718. The molecule has 0 aromatic carbocycles. The molecule has 1 unspecified atom stereocenters. The lowest BCUT2D eigenvalue weighted by Gasteiger charge is -2.11. The van der Waals surface area contributed by atoms with Gasteiger partial charge in [0.05, 0.1) is 25.5 Å². The second-order valence-corrected chi connectivity index (χ2v) is 4.28. The Kier molecular flexibility index (Phi) is 6.25. The van der Waals surface area contributed by atoms with Gasteiger partial charge in [-0.25, -0.2) is 0 Å². The first-order valence-corrected chi connectivity index (χ1v) is 5.97. The number of nitrogens with one attached hydrogen (secondary N) is 1. The van der Waals surface area contributed by atoms with Crippen LogP contribution in [-0.2, 0) is 19.3 Å². The number of rotatable bonds is 6. The molecule has 0 bridgehead atoms. The van der Waals surface area contributed by atoms with E-state index in [0.717, 1.165) is 16.5 Å². The smallest absolute Gasteiger partial charge is 0.435 e. The predicted octanol–water partition coefficient (Wildman–Crippen LogP) is 2.07. The number of furan rings is 1. The van der Waals surface area contributed by atoms with E-state index in [2.05, 4.69) is 10.4 Å². The van der Waals surface area contributed by atoms with Crippen molar-refractivity contribution in [3.63, 3.8) is 0 Å². The summed E-state index contributed by atoms with van der Waals surface area (Å²) < 4.78 is 43.2. The topological polar surface area (TPSA) is 63.2 Å². The van der Waals surface area contributed by atoms with E-state index in [4.69, 9.17) is 4.42 Å². The summed E-state index contributed by atoms with van der Waals surface area (Å²) in [6, 6.07) is 4.40. The van der Waals surface area contributed by atoms with E-state index in [9.17, 15) is 18.3 Å². The Labute approximate surface area is 125 Å². The van der Waals surface area contributed by atoms with Crippen molar-refractivity contribution in [3.05, 3.63) is 42.1 Å². The summed E-state index contributed by atoms with van der Waals surface area (Å²) in [4.78, 5) is 0. The van der Waals surface area contributed by atoms with Crippen LogP contribution in [0.3, 0.4) is 0 Å². The Hall–Kier alpha value is -1.51. The SMILES string of the molecule is Cl.OC(CNCc1ccco1)Cn1ccc(C(F)(F)F)n1. The van der Waals surface area contributed by atoms with Crippen LogP contribution in [0.2, 0.25) is 0 Å². The van der Waals surface area contributed by atoms with Gasteiger partial charge in [-0.2, -0.15) is 18.3 Å². The fraction of sp³-hybridized carbons (Fsp3) is 0.417. The van der Waals surface area contributed by atoms with Crippen LogP contribution in [0.25, 0.3) is 0 Å². The summed E-state index contributed by atoms with van der Waals surface area (Å²) in [6.07, 6.45) is -2.58. The highest BCUT2D eigenvalue weighted by Crippen LogP contribution is 2.27. The fourth-order valence-electron chi connectivity index (χ4n) is 1.67. The molecule has 0 saturated heterocycles. The summed E-state index contributed by atoms with van der Waals surface area (Å²) in [6.45, 7) is 0.653. The molecular weight excluding hydrogens is 311 g/mol. The van der Waals surface area contributed by atoms with Crippen molar-refractivity contribution in [2.24, 2.45) is 0 Å². The standard InChI is InChI=1S/C12H14F3N3O2.ClH/c13-12(14,15)11-3-4-18(17-11)8-9(19)6-16-7-10-2-1-5-20-10;/h1-5,9,16,19H,6-8H2;1H. The molecule has 0 saturated carbocycles. The van der Waals surface area contributed by atoms with Crippen molar-refractivity contribution >= 4 is 12.4 Å². The molecule has 0 aliphatic rings. The Balaban J connectivity index is 0.00000220. The average molecular weight is 326 g/mol. The van der Waals surface area contributed by atoms with Gasteiger partial charge in [-0.05, 0) is 18.2 Å². The van der Waals surface area contributed by atoms with E-state index in [1.54, 1.807) is 12.1 Å². The normalized spacial score (nSPS) is 13.0. The van der Waals surface area contributed by atoms with Crippen LogP contribution < -0.4 is 5.32 Å². The molecule has 0 aliphatic heterocycles. The number of halogens is 4. The van der Waals surface area contributed by atoms with E-state index >= 15 is 0 Å². The first kappa shape index (κ1) is 17.5. The molecule has 1 atom stereocenters. The lowest BCUT2D eigenvalue weighted by molar-refractivity contribution is -0.141. The van der Waals surface area contributed by atoms with Gasteiger partial charge in [-0.1, -0.05) is 0 Å². The minimum Gasteiger partial charge on any atom is -0.468 e. The molecule has 0 fully saturated rings. The van der Waals surface area contributed by atoms with Gasteiger partial charge in [0.25, 0.3) is 0 Å². The average Bonchev–Trinajstić information content (AvgIpc) is 2.98. The van der Waals surface area contributed by atoms with E-state index < -0.39 is 18.0 Å². The Morgan fingerprint density at radius 1 is 1.38 bits per heavy atom. The third-order valence-electron chi connectivity index (χ3n) is 2.59. The van der Waals surface area contributed by atoms with Crippen LogP contribution in [0.15, 0.2) is 35.1 Å². The molecule has 0 aliphatic carbocycles. The first-order valence-electron chi connectivity index (χ1n) is 5.97. The maximum Gasteiger partial charge on any atom is 0.435 e. The Bertz CT molecular complexity index is 528. The van der Waals surface area contributed by atoms with Crippen LogP contribution >= 0.6 is 12.4 Å².